The second kappa shape index (κ2) is 4.98. The molecule has 0 heterocycles. The highest BCUT2D eigenvalue weighted by atomic mass is 19.2. The molecule has 0 saturated carbocycles. The SMILES string of the molecule is C=CCC(O)Cc1cc(F)c(F)cc1F. The lowest BCUT2D eigenvalue weighted by Crippen LogP contribution is -2.11. The van der Waals surface area contributed by atoms with Gasteiger partial charge in [-0.25, -0.2) is 13.2 Å². The molecule has 0 aliphatic heterocycles. The summed E-state index contributed by atoms with van der Waals surface area (Å²) in [6.45, 7) is 3.41. The summed E-state index contributed by atoms with van der Waals surface area (Å²) in [5, 5.41) is 9.33. The molecule has 0 spiro atoms. The largest absolute Gasteiger partial charge is 0.392 e. The molecular formula is C11H11F3O. The van der Waals surface area contributed by atoms with Crippen molar-refractivity contribution in [2.75, 3.05) is 0 Å². The molecule has 0 radical (unpaired) electrons. The number of hydrogen-bond donors (Lipinski definition) is 1. The Hall–Kier alpha value is -1.29. The van der Waals surface area contributed by atoms with E-state index in [0.717, 1.165) is 6.07 Å². The van der Waals surface area contributed by atoms with E-state index < -0.39 is 23.6 Å². The predicted molar refractivity (Wildman–Crippen MR) is 50.8 cm³/mol. The smallest absolute Gasteiger partial charge is 0.161 e. The third-order valence-electron chi connectivity index (χ3n) is 1.98. The molecule has 1 aromatic rings. The van der Waals surface area contributed by atoms with Crippen molar-refractivity contribution in [2.45, 2.75) is 18.9 Å². The third-order valence-corrected chi connectivity index (χ3v) is 1.98. The molecule has 82 valence electrons. The molecule has 4 heteroatoms. The van der Waals surface area contributed by atoms with Crippen molar-refractivity contribution in [3.8, 4) is 0 Å². The minimum Gasteiger partial charge on any atom is -0.392 e. The van der Waals surface area contributed by atoms with Crippen LogP contribution in [0.2, 0.25) is 0 Å². The lowest BCUT2D eigenvalue weighted by Gasteiger charge is -2.09. The van der Waals surface area contributed by atoms with Crippen LogP contribution in [0.4, 0.5) is 13.2 Å². The minimum absolute atomic E-state index is 0.0387. The van der Waals surface area contributed by atoms with Gasteiger partial charge in [-0.2, -0.15) is 0 Å². The van der Waals surface area contributed by atoms with E-state index >= 15 is 0 Å². The topological polar surface area (TPSA) is 20.2 Å². The van der Waals surface area contributed by atoms with Gasteiger partial charge in [0.1, 0.15) is 5.82 Å². The molecule has 0 aliphatic carbocycles. The highest BCUT2D eigenvalue weighted by Gasteiger charge is 2.12. The molecule has 1 nitrogen and oxygen atoms in total. The molecule has 1 atom stereocenters. The summed E-state index contributed by atoms with van der Waals surface area (Å²) < 4.78 is 38.4. The third kappa shape index (κ3) is 3.09. The molecule has 15 heavy (non-hydrogen) atoms. The fraction of sp³-hybridized carbons (Fsp3) is 0.273. The van der Waals surface area contributed by atoms with E-state index in [0.29, 0.717) is 6.07 Å². The van der Waals surface area contributed by atoms with Gasteiger partial charge in [0.05, 0.1) is 6.10 Å². The maximum Gasteiger partial charge on any atom is 0.161 e. The van der Waals surface area contributed by atoms with E-state index in [2.05, 4.69) is 6.58 Å². The molecule has 0 amide bonds. The van der Waals surface area contributed by atoms with Gasteiger partial charge in [-0.3, -0.25) is 0 Å². The van der Waals surface area contributed by atoms with Gasteiger partial charge >= 0.3 is 0 Å². The molecule has 0 saturated heterocycles. The zero-order valence-corrected chi connectivity index (χ0v) is 8.01. The van der Waals surface area contributed by atoms with Crippen LogP contribution in [0.25, 0.3) is 0 Å². The zero-order valence-electron chi connectivity index (χ0n) is 8.01. The average Bonchev–Trinajstić information content (AvgIpc) is 2.14. The van der Waals surface area contributed by atoms with E-state index in [-0.39, 0.29) is 18.4 Å². The van der Waals surface area contributed by atoms with E-state index in [1.54, 1.807) is 0 Å². The molecule has 1 unspecified atom stereocenters. The van der Waals surface area contributed by atoms with Crippen LogP contribution in [-0.4, -0.2) is 11.2 Å². The number of rotatable bonds is 4. The van der Waals surface area contributed by atoms with Crippen LogP contribution < -0.4 is 0 Å². The fourth-order valence-corrected chi connectivity index (χ4v) is 1.25. The first-order chi connectivity index (χ1) is 7.04. The van der Waals surface area contributed by atoms with Crippen LogP contribution in [0.5, 0.6) is 0 Å². The monoisotopic (exact) mass is 216 g/mol. The van der Waals surface area contributed by atoms with Crippen LogP contribution in [0.3, 0.4) is 0 Å². The number of halogens is 3. The normalized spacial score (nSPS) is 12.5. The van der Waals surface area contributed by atoms with Crippen LogP contribution in [-0.2, 0) is 6.42 Å². The van der Waals surface area contributed by atoms with Crippen molar-refractivity contribution in [2.24, 2.45) is 0 Å². The van der Waals surface area contributed by atoms with E-state index in [9.17, 15) is 18.3 Å². The standard InChI is InChI=1S/C11H11F3O/c1-2-3-8(15)4-7-5-10(13)11(14)6-9(7)12/h2,5-6,8,15H,1,3-4H2. The molecular weight excluding hydrogens is 205 g/mol. The molecule has 0 aliphatic rings. The summed E-state index contributed by atoms with van der Waals surface area (Å²) in [6, 6.07) is 1.24. The first-order valence-corrected chi connectivity index (χ1v) is 4.47. The van der Waals surface area contributed by atoms with Crippen molar-refractivity contribution < 1.29 is 18.3 Å². The Balaban J connectivity index is 2.85. The van der Waals surface area contributed by atoms with Crippen LogP contribution in [0.1, 0.15) is 12.0 Å². The van der Waals surface area contributed by atoms with Crippen molar-refractivity contribution in [3.63, 3.8) is 0 Å². The molecule has 0 bridgehead atoms. The Labute approximate surface area is 85.9 Å². The Morgan fingerprint density at radius 1 is 1.20 bits per heavy atom. The van der Waals surface area contributed by atoms with E-state index in [4.69, 9.17) is 0 Å². The lowest BCUT2D eigenvalue weighted by atomic mass is 10.0. The van der Waals surface area contributed by atoms with Gasteiger partial charge in [0.15, 0.2) is 11.6 Å². The van der Waals surface area contributed by atoms with Crippen LogP contribution in [0.15, 0.2) is 24.8 Å². The Morgan fingerprint density at radius 2 is 1.80 bits per heavy atom. The van der Waals surface area contributed by atoms with Gasteiger partial charge in [0.25, 0.3) is 0 Å². The maximum atomic E-state index is 13.1. The highest BCUT2D eigenvalue weighted by molar-refractivity contribution is 5.20. The zero-order chi connectivity index (χ0) is 11.4. The van der Waals surface area contributed by atoms with E-state index in [1.807, 2.05) is 0 Å². The summed E-state index contributed by atoms with van der Waals surface area (Å²) in [5.41, 5.74) is -0.0387. The molecule has 1 N–H and O–H groups in total. The second-order valence-electron chi connectivity index (χ2n) is 3.24. The fourth-order valence-electron chi connectivity index (χ4n) is 1.25. The number of hydrogen-bond acceptors (Lipinski definition) is 1. The summed E-state index contributed by atoms with van der Waals surface area (Å²) >= 11 is 0. The van der Waals surface area contributed by atoms with Gasteiger partial charge < -0.3 is 5.11 Å². The van der Waals surface area contributed by atoms with Crippen molar-refractivity contribution in [3.05, 3.63) is 47.8 Å². The van der Waals surface area contributed by atoms with Gasteiger partial charge in [0.2, 0.25) is 0 Å². The van der Waals surface area contributed by atoms with Gasteiger partial charge in [0, 0.05) is 12.5 Å². The van der Waals surface area contributed by atoms with Crippen molar-refractivity contribution in [1.82, 2.24) is 0 Å². The van der Waals surface area contributed by atoms with Crippen LogP contribution in [0, 0.1) is 17.5 Å². The summed E-state index contributed by atoms with van der Waals surface area (Å²) in [7, 11) is 0. The molecule has 1 rings (SSSR count). The van der Waals surface area contributed by atoms with Gasteiger partial charge in [-0.15, -0.1) is 6.58 Å². The first kappa shape index (κ1) is 11.8. The number of benzene rings is 1. The Morgan fingerprint density at radius 3 is 2.40 bits per heavy atom. The average molecular weight is 216 g/mol. The quantitative estimate of drug-likeness (QED) is 0.605. The lowest BCUT2D eigenvalue weighted by molar-refractivity contribution is 0.177. The second-order valence-corrected chi connectivity index (χ2v) is 3.24. The summed E-state index contributed by atoms with van der Waals surface area (Å²) in [4.78, 5) is 0. The summed E-state index contributed by atoms with van der Waals surface area (Å²) in [5.74, 6) is -3.19. The van der Waals surface area contributed by atoms with Gasteiger partial charge in [-0.1, -0.05) is 6.08 Å². The first-order valence-electron chi connectivity index (χ1n) is 4.47. The minimum atomic E-state index is -1.23. The van der Waals surface area contributed by atoms with Gasteiger partial charge in [-0.05, 0) is 18.1 Å². The molecule has 0 aromatic heterocycles. The van der Waals surface area contributed by atoms with Crippen LogP contribution >= 0.6 is 0 Å². The van der Waals surface area contributed by atoms with Crippen molar-refractivity contribution >= 4 is 0 Å². The Kier molecular flexibility index (Phi) is 3.91. The van der Waals surface area contributed by atoms with E-state index in [1.165, 1.54) is 6.08 Å². The molecule has 1 aromatic carbocycles. The predicted octanol–water partition coefficient (Wildman–Crippen LogP) is 2.58. The molecule has 0 fully saturated rings. The maximum absolute atomic E-state index is 13.1. The van der Waals surface area contributed by atoms with Crippen molar-refractivity contribution in [1.29, 1.82) is 0 Å². The number of aliphatic hydroxyl groups excluding tert-OH is 1. The number of aliphatic hydroxyl groups is 1. The Bertz CT molecular complexity index is 363. The highest BCUT2D eigenvalue weighted by Crippen LogP contribution is 2.16. The summed E-state index contributed by atoms with van der Waals surface area (Å²) in [6.07, 6.45) is 0.859.